The molecule has 0 aliphatic carbocycles. The predicted molar refractivity (Wildman–Crippen MR) is 151 cm³/mol. The molecule has 4 nitrogen and oxygen atoms in total. The van der Waals surface area contributed by atoms with Crippen LogP contribution in [0.3, 0.4) is 0 Å². The van der Waals surface area contributed by atoms with E-state index < -0.39 is 0 Å². The fourth-order valence-corrected chi connectivity index (χ4v) is 4.32. The third kappa shape index (κ3) is 6.80. The lowest BCUT2D eigenvalue weighted by atomic mass is 10.0. The number of carbonyl (C=O) groups is 1. The summed E-state index contributed by atoms with van der Waals surface area (Å²) < 4.78 is 5.87. The van der Waals surface area contributed by atoms with Gasteiger partial charge >= 0.3 is 0 Å². The highest BCUT2D eigenvalue weighted by Crippen LogP contribution is 2.21. The van der Waals surface area contributed by atoms with E-state index in [4.69, 9.17) is 14.7 Å². The Hall–Kier alpha value is -4.57. The van der Waals surface area contributed by atoms with Crippen molar-refractivity contribution in [2.24, 2.45) is 0 Å². The number of ketones is 1. The second kappa shape index (κ2) is 12.1. The molecule has 0 bridgehead atoms. The van der Waals surface area contributed by atoms with Crippen LogP contribution in [0.1, 0.15) is 33.6 Å². The van der Waals surface area contributed by atoms with Crippen LogP contribution in [-0.2, 0) is 30.7 Å². The average Bonchev–Trinajstić information content (AvgIpc) is 2.95. The van der Waals surface area contributed by atoms with Gasteiger partial charge in [-0.3, -0.25) is 9.78 Å². The van der Waals surface area contributed by atoms with Crippen molar-refractivity contribution in [3.63, 3.8) is 0 Å². The standard InChI is InChI=1S/C34H30N2O2/c1-25-12-16-29(17-13-25)34-23-35-32(33(36-34)21-26-8-4-2-5-9-26)22-30(37)20-27-14-18-31(19-15-27)38-24-28-10-6-3-7-11-28/h2-19,23H,20-22,24H2,1H3. The molecule has 0 spiro atoms. The van der Waals surface area contributed by atoms with Crippen molar-refractivity contribution in [1.29, 1.82) is 0 Å². The molecule has 0 fully saturated rings. The van der Waals surface area contributed by atoms with Gasteiger partial charge in [0.25, 0.3) is 0 Å². The van der Waals surface area contributed by atoms with E-state index in [-0.39, 0.29) is 12.2 Å². The number of hydrogen-bond acceptors (Lipinski definition) is 4. The first kappa shape index (κ1) is 25.1. The number of carbonyl (C=O) groups excluding carboxylic acids is 1. The minimum absolute atomic E-state index is 0.106. The summed E-state index contributed by atoms with van der Waals surface area (Å²) in [4.78, 5) is 22.7. The Labute approximate surface area is 224 Å². The van der Waals surface area contributed by atoms with E-state index in [1.807, 2.05) is 72.8 Å². The van der Waals surface area contributed by atoms with Crippen molar-refractivity contribution in [3.05, 3.63) is 149 Å². The fraction of sp³-hybridized carbons (Fsp3) is 0.147. The van der Waals surface area contributed by atoms with Crippen LogP contribution in [-0.4, -0.2) is 15.8 Å². The van der Waals surface area contributed by atoms with Crippen LogP contribution in [0.15, 0.2) is 115 Å². The molecular weight excluding hydrogens is 468 g/mol. The maximum atomic E-state index is 13.1. The highest BCUT2D eigenvalue weighted by molar-refractivity contribution is 5.83. The highest BCUT2D eigenvalue weighted by atomic mass is 16.5. The van der Waals surface area contributed by atoms with Crippen LogP contribution in [0.25, 0.3) is 11.3 Å². The van der Waals surface area contributed by atoms with Gasteiger partial charge in [-0.05, 0) is 35.7 Å². The molecule has 1 heterocycles. The largest absolute Gasteiger partial charge is 0.489 e. The molecule has 0 atom stereocenters. The molecule has 4 aromatic carbocycles. The average molecular weight is 499 g/mol. The third-order valence-corrected chi connectivity index (χ3v) is 6.43. The van der Waals surface area contributed by atoms with Crippen molar-refractivity contribution < 1.29 is 9.53 Å². The molecule has 0 unspecified atom stereocenters. The van der Waals surface area contributed by atoms with Crippen LogP contribution in [0.5, 0.6) is 5.75 Å². The topological polar surface area (TPSA) is 52.1 Å². The lowest BCUT2D eigenvalue weighted by molar-refractivity contribution is -0.117. The first-order chi connectivity index (χ1) is 18.6. The third-order valence-electron chi connectivity index (χ3n) is 6.43. The Morgan fingerprint density at radius 3 is 2.03 bits per heavy atom. The molecule has 0 amide bonds. The summed E-state index contributed by atoms with van der Waals surface area (Å²) in [5, 5.41) is 0. The molecule has 38 heavy (non-hydrogen) atoms. The van der Waals surface area contributed by atoms with Crippen molar-refractivity contribution in [3.8, 4) is 17.0 Å². The molecule has 0 N–H and O–H groups in total. The summed E-state index contributed by atoms with van der Waals surface area (Å²) in [6.07, 6.45) is 2.99. The van der Waals surface area contributed by atoms with Crippen molar-refractivity contribution in [2.45, 2.75) is 32.8 Å². The summed E-state index contributed by atoms with van der Waals surface area (Å²) in [7, 11) is 0. The Morgan fingerprint density at radius 1 is 0.684 bits per heavy atom. The highest BCUT2D eigenvalue weighted by Gasteiger charge is 2.14. The van der Waals surface area contributed by atoms with Gasteiger partial charge in [0.05, 0.1) is 29.7 Å². The van der Waals surface area contributed by atoms with E-state index >= 15 is 0 Å². The summed E-state index contributed by atoms with van der Waals surface area (Å²) in [5.74, 6) is 0.891. The number of benzene rings is 4. The van der Waals surface area contributed by atoms with Crippen LogP contribution < -0.4 is 4.74 Å². The van der Waals surface area contributed by atoms with Crippen LogP contribution in [0, 0.1) is 6.92 Å². The van der Waals surface area contributed by atoms with Gasteiger partial charge in [0.2, 0.25) is 0 Å². The van der Waals surface area contributed by atoms with Gasteiger partial charge in [0, 0.05) is 18.4 Å². The van der Waals surface area contributed by atoms with Gasteiger partial charge < -0.3 is 4.74 Å². The van der Waals surface area contributed by atoms with Crippen LogP contribution in [0.2, 0.25) is 0 Å². The van der Waals surface area contributed by atoms with Gasteiger partial charge in [-0.2, -0.15) is 0 Å². The Bertz CT molecular complexity index is 1480. The first-order valence-electron chi connectivity index (χ1n) is 12.9. The summed E-state index contributed by atoms with van der Waals surface area (Å²) in [6.45, 7) is 2.58. The number of aromatic nitrogens is 2. The number of Topliss-reactive ketones (excluding diaryl/α,β-unsaturated/α-hetero) is 1. The zero-order chi connectivity index (χ0) is 26.2. The summed E-state index contributed by atoms with van der Waals surface area (Å²) in [6, 6.07) is 36.3. The molecule has 0 radical (unpaired) electrons. The van der Waals surface area contributed by atoms with Gasteiger partial charge in [0.15, 0.2) is 0 Å². The first-order valence-corrected chi connectivity index (χ1v) is 12.9. The second-order valence-corrected chi connectivity index (χ2v) is 9.49. The second-order valence-electron chi connectivity index (χ2n) is 9.49. The van der Waals surface area contributed by atoms with E-state index in [0.717, 1.165) is 45.1 Å². The number of nitrogens with zero attached hydrogens (tertiary/aromatic N) is 2. The van der Waals surface area contributed by atoms with Gasteiger partial charge in [-0.15, -0.1) is 0 Å². The van der Waals surface area contributed by atoms with Gasteiger partial charge in [0.1, 0.15) is 18.1 Å². The normalized spacial score (nSPS) is 10.8. The summed E-state index contributed by atoms with van der Waals surface area (Å²) in [5.41, 5.74) is 7.82. The number of hydrogen-bond donors (Lipinski definition) is 0. The lowest BCUT2D eigenvalue weighted by Gasteiger charge is -2.11. The molecule has 188 valence electrons. The molecule has 0 aliphatic rings. The SMILES string of the molecule is Cc1ccc(-c2cnc(CC(=O)Cc3ccc(OCc4ccccc4)cc3)c(Cc3ccccc3)n2)cc1. The van der Waals surface area contributed by atoms with Crippen LogP contribution >= 0.6 is 0 Å². The number of rotatable bonds is 10. The van der Waals surface area contributed by atoms with Crippen molar-refractivity contribution in [1.82, 2.24) is 9.97 Å². The zero-order valence-electron chi connectivity index (χ0n) is 21.5. The lowest BCUT2D eigenvalue weighted by Crippen LogP contribution is -2.12. The maximum absolute atomic E-state index is 13.1. The van der Waals surface area contributed by atoms with E-state index in [9.17, 15) is 4.79 Å². The minimum Gasteiger partial charge on any atom is -0.489 e. The maximum Gasteiger partial charge on any atom is 0.143 e. The number of aryl methyl sites for hydroxylation is 1. The van der Waals surface area contributed by atoms with E-state index in [1.54, 1.807) is 6.20 Å². The zero-order valence-corrected chi connectivity index (χ0v) is 21.5. The Morgan fingerprint density at radius 2 is 1.34 bits per heavy atom. The Balaban J connectivity index is 1.28. The molecule has 0 aliphatic heterocycles. The minimum atomic E-state index is 0.106. The number of ether oxygens (including phenoxy) is 1. The molecular formula is C34H30N2O2. The van der Waals surface area contributed by atoms with Crippen molar-refractivity contribution in [2.75, 3.05) is 0 Å². The van der Waals surface area contributed by atoms with Crippen LogP contribution in [0.4, 0.5) is 0 Å². The summed E-state index contributed by atoms with van der Waals surface area (Å²) >= 11 is 0. The smallest absolute Gasteiger partial charge is 0.143 e. The van der Waals surface area contributed by atoms with E-state index in [1.165, 1.54) is 5.56 Å². The molecule has 5 rings (SSSR count). The van der Waals surface area contributed by atoms with Crippen molar-refractivity contribution >= 4 is 5.78 Å². The monoisotopic (exact) mass is 498 g/mol. The molecule has 1 aromatic heterocycles. The van der Waals surface area contributed by atoms with Gasteiger partial charge in [-0.25, -0.2) is 4.98 Å². The molecule has 4 heteroatoms. The molecule has 5 aromatic rings. The fourth-order valence-electron chi connectivity index (χ4n) is 4.32. The Kier molecular flexibility index (Phi) is 8.00. The van der Waals surface area contributed by atoms with E-state index in [0.29, 0.717) is 19.4 Å². The predicted octanol–water partition coefficient (Wildman–Crippen LogP) is 6.98. The quantitative estimate of drug-likeness (QED) is 0.209. The molecule has 0 saturated carbocycles. The molecule has 0 saturated heterocycles. The van der Waals surface area contributed by atoms with E-state index in [2.05, 4.69) is 43.3 Å². The van der Waals surface area contributed by atoms with Gasteiger partial charge in [-0.1, -0.05) is 103 Å².